The quantitative estimate of drug-likeness (QED) is 0.850. The van der Waals surface area contributed by atoms with E-state index in [0.717, 1.165) is 0 Å². The molecular formula is C11H12N4O2. The summed E-state index contributed by atoms with van der Waals surface area (Å²) >= 11 is 0. The summed E-state index contributed by atoms with van der Waals surface area (Å²) in [5, 5.41) is 13.1. The molecule has 2 heterocycles. The molecule has 1 N–H and O–H groups in total. The maximum Gasteiger partial charge on any atom is 0.307 e. The molecule has 0 aliphatic carbocycles. The summed E-state index contributed by atoms with van der Waals surface area (Å²) in [6, 6.07) is 0. The molecule has 0 amide bonds. The van der Waals surface area contributed by atoms with Crippen molar-refractivity contribution in [1.82, 2.24) is 19.7 Å². The van der Waals surface area contributed by atoms with Crippen LogP contribution in [0.25, 0.3) is 11.4 Å². The van der Waals surface area contributed by atoms with Crippen molar-refractivity contribution >= 4 is 5.97 Å². The van der Waals surface area contributed by atoms with Crippen LogP contribution in [-0.4, -0.2) is 30.8 Å². The third-order valence-corrected chi connectivity index (χ3v) is 2.31. The third-order valence-electron chi connectivity index (χ3n) is 2.31. The first-order chi connectivity index (χ1) is 8.20. The molecular weight excluding hydrogens is 220 g/mol. The lowest BCUT2D eigenvalue weighted by atomic mass is 10.1. The first kappa shape index (κ1) is 11.3. The van der Waals surface area contributed by atoms with Crippen molar-refractivity contribution in [2.45, 2.75) is 19.9 Å². The molecule has 0 aliphatic rings. The van der Waals surface area contributed by atoms with Gasteiger partial charge >= 0.3 is 5.97 Å². The van der Waals surface area contributed by atoms with E-state index >= 15 is 0 Å². The number of rotatable bonds is 4. The van der Waals surface area contributed by atoms with Gasteiger partial charge in [0.25, 0.3) is 0 Å². The van der Waals surface area contributed by atoms with E-state index in [9.17, 15) is 4.79 Å². The molecule has 0 bridgehead atoms. The summed E-state index contributed by atoms with van der Waals surface area (Å²) in [5.41, 5.74) is 1.83. The van der Waals surface area contributed by atoms with Crippen LogP contribution in [0.5, 0.6) is 0 Å². The highest BCUT2D eigenvalue weighted by atomic mass is 16.4. The molecule has 88 valence electrons. The minimum atomic E-state index is -0.884. The Labute approximate surface area is 98.0 Å². The van der Waals surface area contributed by atoms with E-state index in [1.54, 1.807) is 29.5 Å². The minimum Gasteiger partial charge on any atom is -0.481 e. The molecule has 0 unspecified atom stereocenters. The summed E-state index contributed by atoms with van der Waals surface area (Å²) in [4.78, 5) is 18.9. The second-order valence-electron chi connectivity index (χ2n) is 3.52. The van der Waals surface area contributed by atoms with Crippen LogP contribution in [-0.2, 0) is 17.8 Å². The Kier molecular flexibility index (Phi) is 3.13. The van der Waals surface area contributed by atoms with Gasteiger partial charge in [0.1, 0.15) is 11.4 Å². The lowest BCUT2D eigenvalue weighted by Gasteiger charge is -1.97. The van der Waals surface area contributed by atoms with Crippen molar-refractivity contribution in [1.29, 1.82) is 0 Å². The summed E-state index contributed by atoms with van der Waals surface area (Å²) < 4.78 is 1.70. The van der Waals surface area contributed by atoms with Crippen LogP contribution in [0.15, 0.2) is 24.8 Å². The fourth-order valence-corrected chi connectivity index (χ4v) is 1.55. The maximum atomic E-state index is 10.8. The number of aryl methyl sites for hydroxylation is 1. The van der Waals surface area contributed by atoms with Gasteiger partial charge in [-0.15, -0.1) is 0 Å². The van der Waals surface area contributed by atoms with Crippen molar-refractivity contribution in [2.75, 3.05) is 0 Å². The fourth-order valence-electron chi connectivity index (χ4n) is 1.55. The first-order valence-electron chi connectivity index (χ1n) is 5.25. The van der Waals surface area contributed by atoms with E-state index in [-0.39, 0.29) is 6.42 Å². The zero-order valence-corrected chi connectivity index (χ0v) is 9.37. The molecule has 6 nitrogen and oxygen atoms in total. The van der Waals surface area contributed by atoms with Crippen LogP contribution in [0.2, 0.25) is 0 Å². The van der Waals surface area contributed by atoms with Gasteiger partial charge in [-0.2, -0.15) is 5.10 Å². The minimum absolute atomic E-state index is 0.0636. The number of carboxylic acid groups (broad SMARTS) is 1. The molecule has 0 fully saturated rings. The second-order valence-corrected chi connectivity index (χ2v) is 3.52. The maximum absolute atomic E-state index is 10.8. The summed E-state index contributed by atoms with van der Waals surface area (Å²) in [7, 11) is 0. The van der Waals surface area contributed by atoms with Crippen molar-refractivity contribution in [3.63, 3.8) is 0 Å². The van der Waals surface area contributed by atoms with Gasteiger partial charge in [-0.3, -0.25) is 19.4 Å². The Morgan fingerprint density at radius 1 is 1.47 bits per heavy atom. The molecule has 0 spiro atoms. The topological polar surface area (TPSA) is 80.9 Å². The Bertz CT molecular complexity index is 522. The van der Waals surface area contributed by atoms with Crippen molar-refractivity contribution in [3.05, 3.63) is 30.4 Å². The van der Waals surface area contributed by atoms with Gasteiger partial charge in [0.05, 0.1) is 12.6 Å². The van der Waals surface area contributed by atoms with Crippen molar-refractivity contribution in [3.8, 4) is 11.4 Å². The van der Waals surface area contributed by atoms with Crippen molar-refractivity contribution < 1.29 is 9.90 Å². The van der Waals surface area contributed by atoms with Crippen LogP contribution in [0.4, 0.5) is 0 Å². The standard InChI is InChI=1S/C11H12N4O2/c1-2-15-7-8(5-10(16)17)11(14-15)9-6-12-3-4-13-9/h3-4,6-7H,2,5H2,1H3,(H,16,17). The highest BCUT2D eigenvalue weighted by molar-refractivity contribution is 5.73. The molecule has 0 radical (unpaired) electrons. The van der Waals surface area contributed by atoms with Crippen molar-refractivity contribution in [2.24, 2.45) is 0 Å². The molecule has 2 rings (SSSR count). The van der Waals surface area contributed by atoms with Gasteiger partial charge in [0.2, 0.25) is 0 Å². The summed E-state index contributed by atoms with van der Waals surface area (Å²) in [6.45, 7) is 2.63. The molecule has 2 aromatic rings. The smallest absolute Gasteiger partial charge is 0.307 e. The van der Waals surface area contributed by atoms with Gasteiger partial charge in [-0.1, -0.05) is 0 Å². The SMILES string of the molecule is CCn1cc(CC(=O)O)c(-c2cnccn2)n1. The third kappa shape index (κ3) is 2.47. The number of nitrogens with zero attached hydrogens (tertiary/aromatic N) is 4. The Morgan fingerprint density at radius 2 is 2.29 bits per heavy atom. The number of aliphatic carboxylic acids is 1. The average molecular weight is 232 g/mol. The largest absolute Gasteiger partial charge is 0.481 e. The van der Waals surface area contributed by atoms with Crippen LogP contribution in [0, 0.1) is 0 Å². The number of carbonyl (C=O) groups is 1. The van der Waals surface area contributed by atoms with Crippen LogP contribution < -0.4 is 0 Å². The number of hydrogen-bond donors (Lipinski definition) is 1. The number of aromatic nitrogens is 4. The van der Waals surface area contributed by atoms with Gasteiger partial charge in [0.15, 0.2) is 0 Å². The fraction of sp³-hybridized carbons (Fsp3) is 0.273. The molecule has 0 atom stereocenters. The lowest BCUT2D eigenvalue weighted by molar-refractivity contribution is -0.136. The number of hydrogen-bond acceptors (Lipinski definition) is 4. The summed E-state index contributed by atoms with van der Waals surface area (Å²) in [6.07, 6.45) is 6.37. The zero-order valence-electron chi connectivity index (χ0n) is 9.37. The predicted octanol–water partition coefficient (Wildman–Crippen LogP) is 0.987. The zero-order chi connectivity index (χ0) is 12.3. The van der Waals surface area contributed by atoms with E-state index in [1.165, 1.54) is 0 Å². The molecule has 2 aromatic heterocycles. The molecule has 0 saturated heterocycles. The molecule has 0 saturated carbocycles. The van der Waals surface area contributed by atoms with E-state index in [0.29, 0.717) is 23.5 Å². The Morgan fingerprint density at radius 3 is 2.88 bits per heavy atom. The van der Waals surface area contributed by atoms with Crippen LogP contribution in [0.3, 0.4) is 0 Å². The highest BCUT2D eigenvalue weighted by Crippen LogP contribution is 2.19. The van der Waals surface area contributed by atoms with Gasteiger partial charge in [0, 0.05) is 30.7 Å². The summed E-state index contributed by atoms with van der Waals surface area (Å²) in [5.74, 6) is -0.884. The van der Waals surface area contributed by atoms with Gasteiger partial charge in [-0.05, 0) is 6.92 Å². The molecule has 0 aliphatic heterocycles. The molecule has 6 heteroatoms. The predicted molar refractivity (Wildman–Crippen MR) is 60.3 cm³/mol. The van der Waals surface area contributed by atoms with Crippen LogP contribution >= 0.6 is 0 Å². The van der Waals surface area contributed by atoms with Gasteiger partial charge in [-0.25, -0.2) is 0 Å². The van der Waals surface area contributed by atoms with Crippen LogP contribution in [0.1, 0.15) is 12.5 Å². The molecule has 17 heavy (non-hydrogen) atoms. The normalized spacial score (nSPS) is 10.4. The monoisotopic (exact) mass is 232 g/mol. The molecule has 0 aromatic carbocycles. The second kappa shape index (κ2) is 4.73. The van der Waals surface area contributed by atoms with E-state index in [2.05, 4.69) is 15.1 Å². The highest BCUT2D eigenvalue weighted by Gasteiger charge is 2.14. The Hall–Kier alpha value is -2.24. The first-order valence-corrected chi connectivity index (χ1v) is 5.25. The average Bonchev–Trinajstić information content (AvgIpc) is 2.72. The van der Waals surface area contributed by atoms with E-state index < -0.39 is 5.97 Å². The lowest BCUT2D eigenvalue weighted by Crippen LogP contribution is -2.00. The van der Waals surface area contributed by atoms with E-state index in [1.807, 2.05) is 6.92 Å². The Balaban J connectivity index is 2.44. The van der Waals surface area contributed by atoms with Gasteiger partial charge < -0.3 is 5.11 Å². The number of carboxylic acids is 1. The van der Waals surface area contributed by atoms with E-state index in [4.69, 9.17) is 5.11 Å².